The van der Waals surface area contributed by atoms with Gasteiger partial charge >= 0.3 is 0 Å². The number of nitrogens with zero attached hydrogens (tertiary/aromatic N) is 1. The number of nitrogens with one attached hydrogen (secondary N) is 2. The Balaban J connectivity index is 1.81. The highest BCUT2D eigenvalue weighted by Crippen LogP contribution is 2.22. The van der Waals surface area contributed by atoms with Crippen LogP contribution in [-0.2, 0) is 11.2 Å². The molecule has 0 bridgehead atoms. The zero-order valence-corrected chi connectivity index (χ0v) is 12.1. The summed E-state index contributed by atoms with van der Waals surface area (Å²) >= 11 is 11.7. The highest BCUT2D eigenvalue weighted by Gasteiger charge is 1.99. The minimum Gasteiger partial charge on any atom is -0.352 e. The molecule has 6 heteroatoms. The molecular weight excluding hydrogens is 297 g/mol. The number of hydrogen-bond donors (Lipinski definition) is 2. The molecule has 0 spiro atoms. The second-order valence-electron chi connectivity index (χ2n) is 4.12. The predicted octanol–water partition coefficient (Wildman–Crippen LogP) is 3.09. The fourth-order valence-corrected chi connectivity index (χ4v) is 1.90. The van der Waals surface area contributed by atoms with Gasteiger partial charge < -0.3 is 10.3 Å². The summed E-state index contributed by atoms with van der Waals surface area (Å²) in [5, 5.41) is 3.74. The summed E-state index contributed by atoms with van der Waals surface area (Å²) in [5.74, 6) is -0.157. The van der Waals surface area contributed by atoms with Gasteiger partial charge in [0, 0.05) is 30.9 Å². The molecule has 1 heterocycles. The van der Waals surface area contributed by atoms with E-state index in [4.69, 9.17) is 23.2 Å². The number of imidazole rings is 1. The molecule has 104 valence electrons. The van der Waals surface area contributed by atoms with E-state index >= 15 is 0 Å². The van der Waals surface area contributed by atoms with Crippen molar-refractivity contribution < 1.29 is 4.79 Å². The van der Waals surface area contributed by atoms with Gasteiger partial charge in [0.2, 0.25) is 5.91 Å². The largest absolute Gasteiger partial charge is 0.352 e. The number of H-pyrrole nitrogens is 1. The molecule has 0 aliphatic rings. The van der Waals surface area contributed by atoms with Gasteiger partial charge in [-0.3, -0.25) is 4.79 Å². The lowest BCUT2D eigenvalue weighted by Crippen LogP contribution is -2.23. The van der Waals surface area contributed by atoms with E-state index in [-0.39, 0.29) is 5.91 Å². The Kier molecular flexibility index (Phi) is 5.21. The van der Waals surface area contributed by atoms with Crippen molar-refractivity contribution in [1.82, 2.24) is 15.3 Å². The third kappa shape index (κ3) is 4.40. The first-order chi connectivity index (χ1) is 9.65. The maximum absolute atomic E-state index is 11.6. The van der Waals surface area contributed by atoms with Crippen LogP contribution in [0, 0.1) is 0 Å². The monoisotopic (exact) mass is 309 g/mol. The number of hydrogen-bond acceptors (Lipinski definition) is 2. The summed E-state index contributed by atoms with van der Waals surface area (Å²) in [6, 6.07) is 5.20. The number of halogens is 2. The Labute approximate surface area is 126 Å². The SMILES string of the molecule is O=C(C=Cc1ccc(Cl)c(Cl)c1)NCCc1cnc[nH]1. The van der Waals surface area contributed by atoms with Crippen molar-refractivity contribution in [3.05, 3.63) is 58.1 Å². The number of carbonyl (C=O) groups excluding carboxylic acids is 1. The minimum absolute atomic E-state index is 0.157. The van der Waals surface area contributed by atoms with Crippen LogP contribution in [0.5, 0.6) is 0 Å². The molecule has 2 rings (SSSR count). The fourth-order valence-electron chi connectivity index (χ4n) is 1.59. The molecule has 0 saturated carbocycles. The van der Waals surface area contributed by atoms with E-state index in [2.05, 4.69) is 15.3 Å². The number of amides is 1. The Hall–Kier alpha value is -1.78. The van der Waals surface area contributed by atoms with Crippen LogP contribution in [0.15, 0.2) is 36.8 Å². The van der Waals surface area contributed by atoms with Crippen molar-refractivity contribution in [2.45, 2.75) is 6.42 Å². The van der Waals surface area contributed by atoms with Crippen molar-refractivity contribution in [2.24, 2.45) is 0 Å². The molecule has 0 aliphatic heterocycles. The molecule has 1 aromatic heterocycles. The first kappa shape index (κ1) is 14.6. The van der Waals surface area contributed by atoms with Crippen LogP contribution in [0.3, 0.4) is 0 Å². The van der Waals surface area contributed by atoms with Gasteiger partial charge in [-0.2, -0.15) is 0 Å². The molecule has 1 aromatic carbocycles. The van der Waals surface area contributed by atoms with E-state index in [0.717, 1.165) is 11.3 Å². The van der Waals surface area contributed by atoms with Crippen LogP contribution in [0.4, 0.5) is 0 Å². The third-order valence-corrected chi connectivity index (χ3v) is 3.36. The molecule has 0 fully saturated rings. The van der Waals surface area contributed by atoms with Gasteiger partial charge in [-0.05, 0) is 23.8 Å². The Morgan fingerprint density at radius 3 is 2.90 bits per heavy atom. The molecule has 0 aliphatic carbocycles. The molecule has 2 N–H and O–H groups in total. The molecule has 0 unspecified atom stereocenters. The van der Waals surface area contributed by atoms with Gasteiger partial charge in [0.15, 0.2) is 0 Å². The minimum atomic E-state index is -0.157. The predicted molar refractivity (Wildman–Crippen MR) is 80.8 cm³/mol. The zero-order chi connectivity index (χ0) is 14.4. The van der Waals surface area contributed by atoms with Crippen LogP contribution in [0.2, 0.25) is 10.0 Å². The normalized spacial score (nSPS) is 10.9. The van der Waals surface area contributed by atoms with Gasteiger partial charge in [0.05, 0.1) is 16.4 Å². The Morgan fingerprint density at radius 2 is 2.20 bits per heavy atom. The fraction of sp³-hybridized carbons (Fsp3) is 0.143. The summed E-state index contributed by atoms with van der Waals surface area (Å²) in [5.41, 5.74) is 1.81. The van der Waals surface area contributed by atoms with Crippen LogP contribution >= 0.6 is 23.2 Å². The lowest BCUT2D eigenvalue weighted by molar-refractivity contribution is -0.116. The van der Waals surface area contributed by atoms with Gasteiger partial charge in [-0.25, -0.2) is 4.98 Å². The molecule has 4 nitrogen and oxygen atoms in total. The molecule has 0 atom stereocenters. The first-order valence-electron chi connectivity index (χ1n) is 6.03. The van der Waals surface area contributed by atoms with Gasteiger partial charge in [-0.15, -0.1) is 0 Å². The maximum Gasteiger partial charge on any atom is 0.244 e. The molecule has 2 aromatic rings. The summed E-state index contributed by atoms with van der Waals surface area (Å²) in [7, 11) is 0. The summed E-state index contributed by atoms with van der Waals surface area (Å²) < 4.78 is 0. The van der Waals surface area contributed by atoms with Crippen LogP contribution in [0.1, 0.15) is 11.3 Å². The van der Waals surface area contributed by atoms with E-state index in [1.54, 1.807) is 36.8 Å². The van der Waals surface area contributed by atoms with Crippen molar-refractivity contribution in [3.8, 4) is 0 Å². The maximum atomic E-state index is 11.6. The van der Waals surface area contributed by atoms with Crippen molar-refractivity contribution in [1.29, 1.82) is 0 Å². The van der Waals surface area contributed by atoms with E-state index in [0.29, 0.717) is 23.0 Å². The van der Waals surface area contributed by atoms with E-state index in [1.165, 1.54) is 6.08 Å². The Bertz CT molecular complexity index is 609. The smallest absolute Gasteiger partial charge is 0.244 e. The molecule has 0 saturated heterocycles. The summed E-state index contributed by atoms with van der Waals surface area (Å²) in [4.78, 5) is 18.5. The van der Waals surface area contributed by atoms with Crippen LogP contribution in [0.25, 0.3) is 6.08 Å². The standard InChI is InChI=1S/C14H13Cl2N3O/c15-12-3-1-10(7-13(12)16)2-4-14(20)18-6-5-11-8-17-9-19-11/h1-4,7-9H,5-6H2,(H,17,19)(H,18,20). The molecular formula is C14H13Cl2N3O. The summed E-state index contributed by atoms with van der Waals surface area (Å²) in [6.07, 6.45) is 7.21. The lowest BCUT2D eigenvalue weighted by Gasteiger charge is -2.00. The summed E-state index contributed by atoms with van der Waals surface area (Å²) in [6.45, 7) is 0.548. The van der Waals surface area contributed by atoms with Crippen molar-refractivity contribution >= 4 is 35.2 Å². The zero-order valence-electron chi connectivity index (χ0n) is 10.6. The average molecular weight is 310 g/mol. The van der Waals surface area contributed by atoms with Gasteiger partial charge in [0.25, 0.3) is 0 Å². The topological polar surface area (TPSA) is 57.8 Å². The first-order valence-corrected chi connectivity index (χ1v) is 6.79. The van der Waals surface area contributed by atoms with Crippen LogP contribution < -0.4 is 5.32 Å². The molecule has 20 heavy (non-hydrogen) atoms. The average Bonchev–Trinajstić information content (AvgIpc) is 2.93. The van der Waals surface area contributed by atoms with E-state index in [1.807, 2.05) is 0 Å². The number of aromatic nitrogens is 2. The van der Waals surface area contributed by atoms with E-state index < -0.39 is 0 Å². The second kappa shape index (κ2) is 7.12. The van der Waals surface area contributed by atoms with E-state index in [9.17, 15) is 4.79 Å². The second-order valence-corrected chi connectivity index (χ2v) is 4.94. The highest BCUT2D eigenvalue weighted by molar-refractivity contribution is 6.42. The van der Waals surface area contributed by atoms with Gasteiger partial charge in [0.1, 0.15) is 0 Å². The third-order valence-electron chi connectivity index (χ3n) is 2.62. The lowest BCUT2D eigenvalue weighted by atomic mass is 10.2. The van der Waals surface area contributed by atoms with Gasteiger partial charge in [-0.1, -0.05) is 29.3 Å². The highest BCUT2D eigenvalue weighted by atomic mass is 35.5. The molecule has 0 radical (unpaired) electrons. The van der Waals surface area contributed by atoms with Crippen molar-refractivity contribution in [3.63, 3.8) is 0 Å². The number of aromatic amines is 1. The number of rotatable bonds is 5. The van der Waals surface area contributed by atoms with Crippen LogP contribution in [-0.4, -0.2) is 22.4 Å². The quantitative estimate of drug-likeness (QED) is 0.834. The van der Waals surface area contributed by atoms with Crippen molar-refractivity contribution in [2.75, 3.05) is 6.54 Å². The number of benzene rings is 1. The number of carbonyl (C=O) groups is 1. The Morgan fingerprint density at radius 1 is 1.35 bits per heavy atom. The molecule has 1 amide bonds.